The monoisotopic (exact) mass is 341 g/mol. The Labute approximate surface area is 125 Å². The number of esters is 2. The molecule has 20 heavy (non-hydrogen) atoms. The van der Waals surface area contributed by atoms with Gasteiger partial charge in [-0.15, -0.1) is 0 Å². The van der Waals surface area contributed by atoms with E-state index in [1.54, 1.807) is 20.0 Å². The van der Waals surface area contributed by atoms with Crippen LogP contribution in [-0.4, -0.2) is 30.1 Å². The third-order valence-corrected chi connectivity index (χ3v) is 3.75. The molecule has 0 radical (unpaired) electrons. The lowest BCUT2D eigenvalue weighted by atomic mass is 9.85. The number of aromatic nitrogens is 1. The Bertz CT molecular complexity index is 526. The molecule has 1 heterocycles. The van der Waals surface area contributed by atoms with Gasteiger partial charge in [-0.1, -0.05) is 0 Å². The molecule has 0 aliphatic heterocycles. The molecule has 0 fully saturated rings. The molecule has 2 rings (SSSR count). The predicted octanol–water partition coefficient (Wildman–Crippen LogP) is 2.06. The smallest absolute Gasteiger partial charge is 0.324 e. The van der Waals surface area contributed by atoms with E-state index in [1.165, 1.54) is 0 Å². The van der Waals surface area contributed by atoms with Crippen molar-refractivity contribution >= 4 is 27.9 Å². The summed E-state index contributed by atoms with van der Waals surface area (Å²) in [5.74, 6) is -1.07. The molecule has 0 saturated heterocycles. The highest BCUT2D eigenvalue weighted by molar-refractivity contribution is 9.10. The minimum Gasteiger partial charge on any atom is -0.465 e. The minimum absolute atomic E-state index is 0.229. The first kappa shape index (κ1) is 15.0. The van der Waals surface area contributed by atoms with E-state index in [9.17, 15) is 9.59 Å². The van der Waals surface area contributed by atoms with Crippen LogP contribution in [0.5, 0.6) is 0 Å². The van der Waals surface area contributed by atoms with Gasteiger partial charge >= 0.3 is 11.9 Å². The van der Waals surface area contributed by atoms with Crippen molar-refractivity contribution in [3.8, 4) is 0 Å². The summed E-state index contributed by atoms with van der Waals surface area (Å²) < 4.78 is 11.0. The summed E-state index contributed by atoms with van der Waals surface area (Å²) in [5.41, 5.74) is 0.331. The topological polar surface area (TPSA) is 65.5 Å². The van der Waals surface area contributed by atoms with E-state index < -0.39 is 17.4 Å². The first-order chi connectivity index (χ1) is 9.53. The summed E-state index contributed by atoms with van der Waals surface area (Å²) in [6, 6.07) is 1.88. The normalized spacial score (nSPS) is 15.6. The van der Waals surface area contributed by atoms with Gasteiger partial charge in [0.25, 0.3) is 0 Å². The molecule has 1 aliphatic carbocycles. The molecule has 1 aromatic heterocycles. The molecule has 0 spiro atoms. The molecule has 0 N–H and O–H groups in total. The van der Waals surface area contributed by atoms with Gasteiger partial charge in [0.1, 0.15) is 0 Å². The molecular weight excluding hydrogens is 326 g/mol. The van der Waals surface area contributed by atoms with Crippen molar-refractivity contribution in [2.75, 3.05) is 13.2 Å². The third kappa shape index (κ3) is 2.57. The second-order valence-corrected chi connectivity index (χ2v) is 5.55. The molecule has 108 valence electrons. The van der Waals surface area contributed by atoms with Crippen LogP contribution in [0.3, 0.4) is 0 Å². The number of carbonyl (C=O) groups excluding carboxylic acids is 2. The number of nitrogens with zero attached hydrogens (tertiary/aromatic N) is 1. The van der Waals surface area contributed by atoms with E-state index in [2.05, 4.69) is 20.9 Å². The average Bonchev–Trinajstić information content (AvgIpc) is 2.79. The van der Waals surface area contributed by atoms with Crippen LogP contribution in [0.25, 0.3) is 0 Å². The molecule has 1 aliphatic rings. The van der Waals surface area contributed by atoms with Crippen molar-refractivity contribution in [3.63, 3.8) is 0 Å². The Morgan fingerprint density at radius 2 is 1.85 bits per heavy atom. The maximum Gasteiger partial charge on any atom is 0.324 e. The maximum atomic E-state index is 12.3. The molecule has 0 atom stereocenters. The second-order valence-electron chi connectivity index (χ2n) is 4.64. The van der Waals surface area contributed by atoms with Crippen molar-refractivity contribution in [3.05, 3.63) is 28.0 Å². The van der Waals surface area contributed by atoms with Gasteiger partial charge in [-0.3, -0.25) is 14.6 Å². The molecule has 1 aromatic rings. The van der Waals surface area contributed by atoms with Crippen LogP contribution in [0.15, 0.2) is 16.7 Å². The van der Waals surface area contributed by atoms with Gasteiger partial charge in [-0.05, 0) is 41.4 Å². The van der Waals surface area contributed by atoms with E-state index in [0.29, 0.717) is 0 Å². The first-order valence-electron chi connectivity index (χ1n) is 6.51. The van der Waals surface area contributed by atoms with Gasteiger partial charge in [0.05, 0.1) is 13.2 Å². The summed E-state index contributed by atoms with van der Waals surface area (Å²) in [6.45, 7) is 3.89. The van der Waals surface area contributed by atoms with Crippen molar-refractivity contribution in [2.24, 2.45) is 5.41 Å². The predicted molar refractivity (Wildman–Crippen MR) is 75.0 cm³/mol. The Hall–Kier alpha value is -1.43. The van der Waals surface area contributed by atoms with Crippen LogP contribution in [0.4, 0.5) is 0 Å². The molecule has 0 amide bonds. The Morgan fingerprint density at radius 3 is 2.40 bits per heavy atom. The maximum absolute atomic E-state index is 12.3. The van der Waals surface area contributed by atoms with Gasteiger partial charge in [0.2, 0.25) is 0 Å². The van der Waals surface area contributed by atoms with Crippen LogP contribution >= 0.6 is 15.9 Å². The van der Waals surface area contributed by atoms with E-state index in [0.717, 1.165) is 15.7 Å². The van der Waals surface area contributed by atoms with Crippen molar-refractivity contribution in [1.82, 2.24) is 4.98 Å². The second kappa shape index (κ2) is 5.91. The zero-order valence-electron chi connectivity index (χ0n) is 11.4. The fourth-order valence-electron chi connectivity index (χ4n) is 2.41. The highest BCUT2D eigenvalue weighted by Crippen LogP contribution is 2.39. The summed E-state index contributed by atoms with van der Waals surface area (Å²) in [5, 5.41) is 0. The summed E-state index contributed by atoms with van der Waals surface area (Å²) in [7, 11) is 0. The molecular formula is C14H16BrNO4. The zero-order chi connectivity index (χ0) is 14.8. The van der Waals surface area contributed by atoms with Crippen LogP contribution in [0, 0.1) is 5.41 Å². The van der Waals surface area contributed by atoms with E-state index in [-0.39, 0.29) is 26.1 Å². The standard InChI is InChI=1S/C14H16BrNO4/c1-3-19-12(17)14(13(18)20-4-2)6-9-5-10(15)8-16-11(9)7-14/h5,8H,3-4,6-7H2,1-2H3. The van der Waals surface area contributed by atoms with Crippen LogP contribution in [0.1, 0.15) is 25.1 Å². The Balaban J connectivity index is 2.37. The number of hydrogen-bond acceptors (Lipinski definition) is 5. The van der Waals surface area contributed by atoms with Gasteiger partial charge in [0, 0.05) is 29.2 Å². The fraction of sp³-hybridized carbons (Fsp3) is 0.500. The van der Waals surface area contributed by atoms with Crippen molar-refractivity contribution in [2.45, 2.75) is 26.7 Å². The number of halogens is 1. The number of pyridine rings is 1. The number of carbonyl (C=O) groups is 2. The Morgan fingerprint density at radius 1 is 1.25 bits per heavy atom. The van der Waals surface area contributed by atoms with E-state index >= 15 is 0 Å². The summed E-state index contributed by atoms with van der Waals surface area (Å²) in [4.78, 5) is 28.8. The quantitative estimate of drug-likeness (QED) is 0.619. The highest BCUT2D eigenvalue weighted by Gasteiger charge is 2.53. The zero-order valence-corrected chi connectivity index (χ0v) is 13.0. The summed E-state index contributed by atoms with van der Waals surface area (Å²) >= 11 is 3.34. The highest BCUT2D eigenvalue weighted by atomic mass is 79.9. The van der Waals surface area contributed by atoms with Gasteiger partial charge < -0.3 is 9.47 Å². The fourth-order valence-corrected chi connectivity index (χ4v) is 2.78. The minimum atomic E-state index is -1.29. The van der Waals surface area contributed by atoms with Gasteiger partial charge in [-0.25, -0.2) is 0 Å². The third-order valence-electron chi connectivity index (χ3n) is 3.32. The number of ether oxygens (including phenoxy) is 2. The number of fused-ring (bicyclic) bond motifs is 1. The lowest BCUT2D eigenvalue weighted by molar-refractivity contribution is -0.171. The molecule has 6 heteroatoms. The first-order valence-corrected chi connectivity index (χ1v) is 7.30. The SMILES string of the molecule is CCOC(=O)C1(C(=O)OCC)Cc2cc(Br)cnc2C1. The average molecular weight is 342 g/mol. The Kier molecular flexibility index (Phi) is 4.42. The molecule has 0 aromatic carbocycles. The number of rotatable bonds is 4. The van der Waals surface area contributed by atoms with Crippen LogP contribution in [-0.2, 0) is 31.9 Å². The van der Waals surface area contributed by atoms with Crippen LogP contribution in [0.2, 0.25) is 0 Å². The molecule has 0 bridgehead atoms. The van der Waals surface area contributed by atoms with Gasteiger partial charge in [-0.2, -0.15) is 0 Å². The van der Waals surface area contributed by atoms with Gasteiger partial charge in [0.15, 0.2) is 5.41 Å². The largest absolute Gasteiger partial charge is 0.465 e. The molecule has 0 saturated carbocycles. The molecule has 0 unspecified atom stereocenters. The van der Waals surface area contributed by atoms with Crippen molar-refractivity contribution < 1.29 is 19.1 Å². The van der Waals surface area contributed by atoms with E-state index in [4.69, 9.17) is 9.47 Å². The molecule has 5 nitrogen and oxygen atoms in total. The van der Waals surface area contributed by atoms with Crippen LogP contribution < -0.4 is 0 Å². The van der Waals surface area contributed by atoms with Crippen molar-refractivity contribution in [1.29, 1.82) is 0 Å². The lowest BCUT2D eigenvalue weighted by Gasteiger charge is -2.23. The number of hydrogen-bond donors (Lipinski definition) is 0. The lowest BCUT2D eigenvalue weighted by Crippen LogP contribution is -2.43. The summed E-state index contributed by atoms with van der Waals surface area (Å²) in [6.07, 6.45) is 2.16. The van der Waals surface area contributed by atoms with E-state index in [1.807, 2.05) is 6.07 Å².